The lowest BCUT2D eigenvalue weighted by Gasteiger charge is -2.23. The molecule has 0 bridgehead atoms. The van der Waals surface area contributed by atoms with Gasteiger partial charge in [-0.25, -0.2) is 0 Å². The number of rotatable bonds is 5. The molecule has 1 rings (SSSR count). The molecule has 0 unspecified atom stereocenters. The standard InChI is InChI=1S/C12H18ClN/c1-3-9-14(10-8-13)12-6-4-11(2)5-7-12/h4-7H,3,8-10H2,1-2H3. The molecule has 78 valence electrons. The van der Waals surface area contributed by atoms with E-state index in [-0.39, 0.29) is 0 Å². The molecule has 0 saturated heterocycles. The van der Waals surface area contributed by atoms with Gasteiger partial charge in [0.25, 0.3) is 0 Å². The van der Waals surface area contributed by atoms with Crippen molar-refractivity contribution in [1.29, 1.82) is 0 Å². The summed E-state index contributed by atoms with van der Waals surface area (Å²) in [5, 5.41) is 0. The maximum Gasteiger partial charge on any atom is 0.0399 e. The van der Waals surface area contributed by atoms with Crippen LogP contribution in [0.15, 0.2) is 24.3 Å². The molecule has 1 aromatic carbocycles. The Bertz CT molecular complexity index is 250. The first kappa shape index (κ1) is 11.4. The van der Waals surface area contributed by atoms with E-state index in [0.717, 1.165) is 19.5 Å². The van der Waals surface area contributed by atoms with E-state index < -0.39 is 0 Å². The monoisotopic (exact) mass is 211 g/mol. The Morgan fingerprint density at radius 1 is 1.14 bits per heavy atom. The van der Waals surface area contributed by atoms with Crippen LogP contribution < -0.4 is 4.90 Å². The molecular formula is C12H18ClN. The highest BCUT2D eigenvalue weighted by molar-refractivity contribution is 6.18. The van der Waals surface area contributed by atoms with Crippen molar-refractivity contribution in [1.82, 2.24) is 0 Å². The summed E-state index contributed by atoms with van der Waals surface area (Å²) in [6.45, 7) is 6.30. The van der Waals surface area contributed by atoms with Crippen LogP contribution >= 0.6 is 11.6 Å². The maximum atomic E-state index is 5.77. The van der Waals surface area contributed by atoms with Gasteiger partial charge in [-0.1, -0.05) is 24.6 Å². The average Bonchev–Trinajstić information content (AvgIpc) is 2.19. The van der Waals surface area contributed by atoms with Gasteiger partial charge >= 0.3 is 0 Å². The minimum Gasteiger partial charge on any atom is -0.370 e. The third-order valence-electron chi connectivity index (χ3n) is 2.25. The van der Waals surface area contributed by atoms with E-state index in [1.807, 2.05) is 0 Å². The lowest BCUT2D eigenvalue weighted by molar-refractivity contribution is 0.794. The van der Waals surface area contributed by atoms with Crippen LogP contribution in [0.4, 0.5) is 5.69 Å². The van der Waals surface area contributed by atoms with E-state index in [1.54, 1.807) is 0 Å². The predicted octanol–water partition coefficient (Wildman–Crippen LogP) is 3.45. The number of anilines is 1. The maximum absolute atomic E-state index is 5.77. The van der Waals surface area contributed by atoms with E-state index >= 15 is 0 Å². The topological polar surface area (TPSA) is 3.24 Å². The third-order valence-corrected chi connectivity index (χ3v) is 2.42. The molecule has 1 nitrogen and oxygen atoms in total. The molecule has 0 aromatic heterocycles. The highest BCUT2D eigenvalue weighted by Crippen LogP contribution is 2.15. The summed E-state index contributed by atoms with van der Waals surface area (Å²) < 4.78 is 0. The van der Waals surface area contributed by atoms with Gasteiger partial charge in [-0.15, -0.1) is 11.6 Å². The SMILES string of the molecule is CCCN(CCCl)c1ccc(C)cc1. The van der Waals surface area contributed by atoms with Gasteiger partial charge in [0.2, 0.25) is 0 Å². The Kier molecular flexibility index (Phi) is 4.81. The van der Waals surface area contributed by atoms with Gasteiger partial charge in [-0.05, 0) is 25.5 Å². The van der Waals surface area contributed by atoms with Crippen molar-refractivity contribution in [3.8, 4) is 0 Å². The molecule has 0 spiro atoms. The molecule has 0 fully saturated rings. The first-order chi connectivity index (χ1) is 6.77. The molecule has 0 N–H and O–H groups in total. The zero-order valence-corrected chi connectivity index (χ0v) is 9.72. The van der Waals surface area contributed by atoms with Gasteiger partial charge < -0.3 is 4.90 Å². The van der Waals surface area contributed by atoms with Crippen molar-refractivity contribution in [2.45, 2.75) is 20.3 Å². The lowest BCUT2D eigenvalue weighted by Crippen LogP contribution is -2.26. The molecule has 2 heteroatoms. The van der Waals surface area contributed by atoms with Crippen LogP contribution in [0, 0.1) is 6.92 Å². The van der Waals surface area contributed by atoms with Crippen molar-refractivity contribution in [3.05, 3.63) is 29.8 Å². The second-order valence-electron chi connectivity index (χ2n) is 3.51. The molecule has 0 aliphatic heterocycles. The quantitative estimate of drug-likeness (QED) is 0.675. The number of halogens is 1. The summed E-state index contributed by atoms with van der Waals surface area (Å²) in [5.41, 5.74) is 2.58. The number of hydrogen-bond acceptors (Lipinski definition) is 1. The average molecular weight is 212 g/mol. The Morgan fingerprint density at radius 2 is 1.79 bits per heavy atom. The largest absolute Gasteiger partial charge is 0.370 e. The molecule has 0 aliphatic carbocycles. The number of benzene rings is 1. The van der Waals surface area contributed by atoms with Gasteiger partial charge in [0, 0.05) is 24.7 Å². The molecule has 0 aliphatic rings. The summed E-state index contributed by atoms with van der Waals surface area (Å²) in [5.74, 6) is 0.688. The smallest absolute Gasteiger partial charge is 0.0399 e. The normalized spacial score (nSPS) is 10.2. The summed E-state index contributed by atoms with van der Waals surface area (Å²) >= 11 is 5.77. The third kappa shape index (κ3) is 3.22. The number of aryl methyl sites for hydroxylation is 1. The molecule has 0 amide bonds. The van der Waals surface area contributed by atoms with E-state index in [4.69, 9.17) is 11.6 Å². The van der Waals surface area contributed by atoms with Gasteiger partial charge in [-0.3, -0.25) is 0 Å². The van der Waals surface area contributed by atoms with Crippen molar-refractivity contribution in [3.63, 3.8) is 0 Å². The summed E-state index contributed by atoms with van der Waals surface area (Å²) in [4.78, 5) is 2.33. The molecule has 0 radical (unpaired) electrons. The summed E-state index contributed by atoms with van der Waals surface area (Å²) in [6, 6.07) is 8.62. The van der Waals surface area contributed by atoms with E-state index in [1.165, 1.54) is 11.3 Å². The summed E-state index contributed by atoms with van der Waals surface area (Å²) in [7, 11) is 0. The number of hydrogen-bond donors (Lipinski definition) is 0. The fourth-order valence-electron chi connectivity index (χ4n) is 1.50. The van der Waals surface area contributed by atoms with Crippen LogP contribution in [0.3, 0.4) is 0 Å². The molecule has 14 heavy (non-hydrogen) atoms. The van der Waals surface area contributed by atoms with Gasteiger partial charge in [0.1, 0.15) is 0 Å². The number of alkyl halides is 1. The van der Waals surface area contributed by atoms with Crippen molar-refractivity contribution < 1.29 is 0 Å². The molecule has 0 atom stereocenters. The van der Waals surface area contributed by atoms with Crippen LogP contribution in [0.25, 0.3) is 0 Å². The fourth-order valence-corrected chi connectivity index (χ4v) is 1.70. The lowest BCUT2D eigenvalue weighted by atomic mass is 10.2. The second kappa shape index (κ2) is 5.92. The van der Waals surface area contributed by atoms with Crippen LogP contribution in [-0.2, 0) is 0 Å². The first-order valence-electron chi connectivity index (χ1n) is 5.15. The predicted molar refractivity (Wildman–Crippen MR) is 64.4 cm³/mol. The molecular weight excluding hydrogens is 194 g/mol. The minimum absolute atomic E-state index is 0.688. The molecule has 0 heterocycles. The Hall–Kier alpha value is -0.690. The van der Waals surface area contributed by atoms with Crippen molar-refractivity contribution >= 4 is 17.3 Å². The van der Waals surface area contributed by atoms with Crippen LogP contribution in [0.1, 0.15) is 18.9 Å². The van der Waals surface area contributed by atoms with Crippen LogP contribution in [-0.4, -0.2) is 19.0 Å². The molecule has 0 saturated carbocycles. The Balaban J connectivity index is 2.71. The highest BCUT2D eigenvalue weighted by atomic mass is 35.5. The van der Waals surface area contributed by atoms with Gasteiger partial charge in [0.15, 0.2) is 0 Å². The van der Waals surface area contributed by atoms with E-state index in [0.29, 0.717) is 5.88 Å². The fraction of sp³-hybridized carbons (Fsp3) is 0.500. The Labute approximate surface area is 91.7 Å². The van der Waals surface area contributed by atoms with E-state index in [2.05, 4.69) is 43.0 Å². The second-order valence-corrected chi connectivity index (χ2v) is 3.89. The van der Waals surface area contributed by atoms with E-state index in [9.17, 15) is 0 Å². The summed E-state index contributed by atoms with van der Waals surface area (Å²) in [6.07, 6.45) is 1.16. The van der Waals surface area contributed by atoms with Crippen LogP contribution in [0.2, 0.25) is 0 Å². The minimum atomic E-state index is 0.688. The van der Waals surface area contributed by atoms with Gasteiger partial charge in [0.05, 0.1) is 0 Å². The van der Waals surface area contributed by atoms with Gasteiger partial charge in [-0.2, -0.15) is 0 Å². The molecule has 1 aromatic rings. The first-order valence-corrected chi connectivity index (χ1v) is 5.69. The highest BCUT2D eigenvalue weighted by Gasteiger charge is 2.03. The van der Waals surface area contributed by atoms with Crippen molar-refractivity contribution in [2.75, 3.05) is 23.9 Å². The number of nitrogens with zero attached hydrogens (tertiary/aromatic N) is 1. The zero-order valence-electron chi connectivity index (χ0n) is 8.96. The zero-order chi connectivity index (χ0) is 10.4. The Morgan fingerprint density at radius 3 is 2.29 bits per heavy atom. The van der Waals surface area contributed by atoms with Crippen LogP contribution in [0.5, 0.6) is 0 Å². The van der Waals surface area contributed by atoms with Crippen molar-refractivity contribution in [2.24, 2.45) is 0 Å².